The van der Waals surface area contributed by atoms with Gasteiger partial charge in [0, 0.05) is 17.6 Å². The van der Waals surface area contributed by atoms with Crippen LogP contribution in [0, 0.1) is 0 Å². The highest BCUT2D eigenvalue weighted by molar-refractivity contribution is 8.26. The van der Waals surface area contributed by atoms with Crippen molar-refractivity contribution in [2.75, 3.05) is 20.8 Å². The zero-order chi connectivity index (χ0) is 26.6. The van der Waals surface area contributed by atoms with Crippen LogP contribution < -0.4 is 15.0 Å². The lowest BCUT2D eigenvalue weighted by Gasteiger charge is -2.15. The van der Waals surface area contributed by atoms with E-state index in [0.29, 0.717) is 49.9 Å². The summed E-state index contributed by atoms with van der Waals surface area (Å²) < 4.78 is 12.6. The van der Waals surface area contributed by atoms with Crippen molar-refractivity contribution in [3.63, 3.8) is 0 Å². The summed E-state index contributed by atoms with van der Waals surface area (Å²) in [5.74, 6) is 1.04. The van der Waals surface area contributed by atoms with E-state index in [1.54, 1.807) is 43.5 Å². The van der Waals surface area contributed by atoms with Crippen molar-refractivity contribution in [3.05, 3.63) is 99.3 Å². The number of hydrogen-bond acceptors (Lipinski definition) is 8. The normalized spacial score (nSPS) is 14.5. The highest BCUT2D eigenvalue weighted by Gasteiger charge is 2.32. The Labute approximate surface area is 233 Å². The molecule has 2 aromatic carbocycles. The third kappa shape index (κ3) is 5.33. The van der Waals surface area contributed by atoms with E-state index in [-0.39, 0.29) is 11.5 Å². The lowest BCUT2D eigenvalue weighted by atomic mass is 10.1. The largest absolute Gasteiger partial charge is 0.493 e. The zero-order valence-electron chi connectivity index (χ0n) is 20.6. The Hall–Kier alpha value is -3.60. The molecule has 3 heterocycles. The van der Waals surface area contributed by atoms with Crippen molar-refractivity contribution >= 4 is 57.7 Å². The van der Waals surface area contributed by atoms with Gasteiger partial charge in [-0.15, -0.1) is 0 Å². The third-order valence-corrected chi connectivity index (χ3v) is 8.30. The molecule has 0 atom stereocenters. The molecule has 0 N–H and O–H groups in total. The number of benzene rings is 2. The molecule has 38 heavy (non-hydrogen) atoms. The molecule has 192 valence electrons. The number of carbonyl (C=O) groups excluding carboxylic acids is 1. The second kappa shape index (κ2) is 11.4. The van der Waals surface area contributed by atoms with Gasteiger partial charge in [0.15, 0.2) is 11.5 Å². The summed E-state index contributed by atoms with van der Waals surface area (Å²) in [5.41, 5.74) is 1.63. The van der Waals surface area contributed by atoms with E-state index in [1.807, 2.05) is 54.6 Å². The number of hydrogen-bond donors (Lipinski definition) is 0. The standard InChI is InChI=1S/C28H23N3O4S3/c1-34-21-12-11-18(16-22(21)35-2)13-15-31-27(33)23(38-28(31)36)17-20-25(37-19-8-4-3-5-9-19)29-24-10-6-7-14-30(24)26(20)32/h3-12,14,16-17H,13,15H2,1-2H3/b23-17+. The molecule has 7 nitrogen and oxygen atoms in total. The van der Waals surface area contributed by atoms with Crippen molar-refractivity contribution < 1.29 is 14.3 Å². The van der Waals surface area contributed by atoms with Gasteiger partial charge >= 0.3 is 0 Å². The minimum Gasteiger partial charge on any atom is -0.493 e. The van der Waals surface area contributed by atoms with E-state index in [2.05, 4.69) is 0 Å². The number of carbonyl (C=O) groups is 1. The summed E-state index contributed by atoms with van der Waals surface area (Å²) in [5, 5.41) is 0.531. The van der Waals surface area contributed by atoms with Crippen LogP contribution in [0.15, 0.2) is 92.5 Å². The molecule has 1 aliphatic heterocycles. The molecular formula is C28H23N3O4S3. The molecule has 1 aliphatic rings. The molecule has 2 aromatic heterocycles. The number of rotatable bonds is 8. The number of thiocarbonyl (C=S) groups is 1. The smallest absolute Gasteiger partial charge is 0.266 e. The highest BCUT2D eigenvalue weighted by atomic mass is 32.2. The van der Waals surface area contributed by atoms with Gasteiger partial charge < -0.3 is 9.47 Å². The Kier molecular flexibility index (Phi) is 7.82. The second-order valence-electron chi connectivity index (χ2n) is 8.25. The first kappa shape index (κ1) is 26.0. The summed E-state index contributed by atoms with van der Waals surface area (Å²) in [4.78, 5) is 34.5. The van der Waals surface area contributed by atoms with Crippen molar-refractivity contribution in [2.45, 2.75) is 16.3 Å². The Bertz CT molecular complexity index is 1620. The first-order chi connectivity index (χ1) is 18.5. The highest BCUT2D eigenvalue weighted by Crippen LogP contribution is 2.35. The van der Waals surface area contributed by atoms with Crippen LogP contribution in [0.3, 0.4) is 0 Å². The number of nitrogens with zero attached hydrogens (tertiary/aromatic N) is 3. The first-order valence-electron chi connectivity index (χ1n) is 11.7. The third-order valence-electron chi connectivity index (χ3n) is 5.91. The number of fused-ring (bicyclic) bond motifs is 1. The zero-order valence-corrected chi connectivity index (χ0v) is 23.1. The number of methoxy groups -OCH3 is 2. The molecule has 0 aliphatic carbocycles. The van der Waals surface area contributed by atoms with Crippen LogP contribution in [0.2, 0.25) is 0 Å². The summed E-state index contributed by atoms with van der Waals surface area (Å²) in [6.07, 6.45) is 3.87. The molecule has 0 unspecified atom stereocenters. The van der Waals surface area contributed by atoms with Gasteiger partial charge in [-0.3, -0.25) is 18.9 Å². The molecule has 0 radical (unpaired) electrons. The van der Waals surface area contributed by atoms with Crippen LogP contribution >= 0.6 is 35.7 Å². The maximum Gasteiger partial charge on any atom is 0.266 e. The number of amides is 1. The predicted molar refractivity (Wildman–Crippen MR) is 155 cm³/mol. The maximum atomic E-state index is 13.5. The van der Waals surface area contributed by atoms with Gasteiger partial charge in [-0.2, -0.15) is 0 Å². The molecule has 1 amide bonds. The number of ether oxygens (including phenoxy) is 2. The van der Waals surface area contributed by atoms with Gasteiger partial charge in [0.2, 0.25) is 0 Å². The molecule has 4 aromatic rings. The van der Waals surface area contributed by atoms with Crippen molar-refractivity contribution in [2.24, 2.45) is 0 Å². The van der Waals surface area contributed by atoms with E-state index in [9.17, 15) is 9.59 Å². The molecule has 0 bridgehead atoms. The Morgan fingerprint density at radius 3 is 2.53 bits per heavy atom. The van der Waals surface area contributed by atoms with E-state index >= 15 is 0 Å². The van der Waals surface area contributed by atoms with Crippen LogP contribution in [-0.2, 0) is 11.2 Å². The Balaban J connectivity index is 1.44. The van der Waals surface area contributed by atoms with Crippen molar-refractivity contribution in [1.29, 1.82) is 0 Å². The second-order valence-corrected chi connectivity index (χ2v) is 11.0. The summed E-state index contributed by atoms with van der Waals surface area (Å²) in [7, 11) is 3.17. The van der Waals surface area contributed by atoms with Crippen LogP contribution in [0.1, 0.15) is 11.1 Å². The average molecular weight is 562 g/mol. The minimum absolute atomic E-state index is 0.228. The molecule has 1 saturated heterocycles. The molecule has 5 rings (SSSR count). The maximum absolute atomic E-state index is 13.5. The molecule has 1 fully saturated rings. The Morgan fingerprint density at radius 1 is 1.00 bits per heavy atom. The van der Waals surface area contributed by atoms with E-state index in [1.165, 1.54) is 27.9 Å². The average Bonchev–Trinajstić information content (AvgIpc) is 3.21. The fraction of sp³-hybridized carbons (Fsp3) is 0.143. The van der Waals surface area contributed by atoms with E-state index < -0.39 is 0 Å². The van der Waals surface area contributed by atoms with E-state index in [4.69, 9.17) is 26.7 Å². The van der Waals surface area contributed by atoms with Gasteiger partial charge in [-0.1, -0.05) is 66.1 Å². The van der Waals surface area contributed by atoms with Gasteiger partial charge in [0.05, 0.1) is 24.7 Å². The number of aromatic nitrogens is 2. The Morgan fingerprint density at radius 2 is 1.76 bits per heavy atom. The van der Waals surface area contributed by atoms with Crippen LogP contribution in [-0.4, -0.2) is 45.3 Å². The monoisotopic (exact) mass is 561 g/mol. The summed E-state index contributed by atoms with van der Waals surface area (Å²) in [6.45, 7) is 0.401. The van der Waals surface area contributed by atoms with Crippen molar-refractivity contribution in [1.82, 2.24) is 14.3 Å². The summed E-state index contributed by atoms with van der Waals surface area (Å²) >= 11 is 8.12. The fourth-order valence-electron chi connectivity index (χ4n) is 3.98. The van der Waals surface area contributed by atoms with Crippen molar-refractivity contribution in [3.8, 4) is 11.5 Å². The van der Waals surface area contributed by atoms with Crippen LogP contribution in [0.25, 0.3) is 11.7 Å². The quantitative estimate of drug-likeness (QED) is 0.163. The van der Waals surface area contributed by atoms with Crippen LogP contribution in [0.4, 0.5) is 0 Å². The lowest BCUT2D eigenvalue weighted by molar-refractivity contribution is -0.122. The van der Waals surface area contributed by atoms with Gasteiger partial charge in [-0.05, 0) is 54.5 Å². The molecular weight excluding hydrogens is 539 g/mol. The van der Waals surface area contributed by atoms with Crippen LogP contribution in [0.5, 0.6) is 11.5 Å². The number of pyridine rings is 1. The number of thioether (sulfide) groups is 1. The molecule has 0 saturated carbocycles. The predicted octanol–water partition coefficient (Wildman–Crippen LogP) is 5.31. The topological polar surface area (TPSA) is 73.1 Å². The summed E-state index contributed by atoms with van der Waals surface area (Å²) in [6, 6.07) is 20.8. The fourth-order valence-corrected chi connectivity index (χ4v) is 6.19. The van der Waals surface area contributed by atoms with Gasteiger partial charge in [-0.25, -0.2) is 4.98 Å². The van der Waals surface area contributed by atoms with Gasteiger partial charge in [0.25, 0.3) is 11.5 Å². The lowest BCUT2D eigenvalue weighted by Crippen LogP contribution is -2.30. The SMILES string of the molecule is COc1ccc(CCN2C(=O)/C(=C\c3c(Sc4ccccc4)nc4ccccn4c3=O)SC2=S)cc1OC. The first-order valence-corrected chi connectivity index (χ1v) is 13.7. The molecule has 10 heteroatoms. The minimum atomic E-state index is -0.246. The molecule has 0 spiro atoms. The van der Waals surface area contributed by atoms with E-state index in [0.717, 1.165) is 10.5 Å². The van der Waals surface area contributed by atoms with Gasteiger partial charge in [0.1, 0.15) is 15.0 Å².